The van der Waals surface area contributed by atoms with E-state index in [0.717, 1.165) is 5.56 Å². The number of carbonyl (C=O) groups is 2. The summed E-state index contributed by atoms with van der Waals surface area (Å²) in [6.07, 6.45) is -0.446. The zero-order chi connectivity index (χ0) is 18.2. The normalized spacial score (nSPS) is 12.6. The fourth-order valence-electron chi connectivity index (χ4n) is 1.96. The van der Waals surface area contributed by atoms with Gasteiger partial charge in [0.05, 0.1) is 19.3 Å². The van der Waals surface area contributed by atoms with Crippen LogP contribution in [0.15, 0.2) is 30.3 Å². The highest BCUT2D eigenvalue weighted by Crippen LogP contribution is 2.09. The van der Waals surface area contributed by atoms with Crippen LogP contribution in [-0.4, -0.2) is 53.1 Å². The Labute approximate surface area is 142 Å². The van der Waals surface area contributed by atoms with Crippen molar-refractivity contribution in [2.24, 2.45) is 0 Å². The van der Waals surface area contributed by atoms with Crippen molar-refractivity contribution in [2.75, 3.05) is 13.2 Å². The molecule has 0 heterocycles. The third kappa shape index (κ3) is 7.43. The number of rotatable bonds is 7. The molecule has 0 aliphatic heterocycles. The Bertz CT molecular complexity index is 524. The maximum Gasteiger partial charge on any atom is 0.408 e. The molecule has 1 rings (SSSR count). The summed E-state index contributed by atoms with van der Waals surface area (Å²) in [6.45, 7) is 4.39. The molecule has 1 aromatic carbocycles. The Morgan fingerprint density at radius 1 is 1.08 bits per heavy atom. The van der Waals surface area contributed by atoms with E-state index in [2.05, 4.69) is 10.6 Å². The van der Waals surface area contributed by atoms with Crippen LogP contribution in [-0.2, 0) is 16.0 Å². The van der Waals surface area contributed by atoms with Gasteiger partial charge in [0.1, 0.15) is 11.6 Å². The number of alkyl carbamates (subject to hydrolysis) is 1. The lowest BCUT2D eigenvalue weighted by Gasteiger charge is -2.24. The molecule has 24 heavy (non-hydrogen) atoms. The number of hydrogen-bond donors (Lipinski definition) is 4. The monoisotopic (exact) mass is 338 g/mol. The maximum absolute atomic E-state index is 12.4. The number of nitrogens with one attached hydrogen (secondary N) is 2. The number of carbonyl (C=O) groups excluding carboxylic acids is 2. The van der Waals surface area contributed by atoms with Crippen LogP contribution >= 0.6 is 0 Å². The van der Waals surface area contributed by atoms with E-state index in [9.17, 15) is 9.59 Å². The third-order valence-electron chi connectivity index (χ3n) is 3.08. The lowest BCUT2D eigenvalue weighted by Crippen LogP contribution is -2.53. The Hall–Kier alpha value is -2.12. The van der Waals surface area contributed by atoms with Crippen LogP contribution in [0, 0.1) is 0 Å². The first-order valence-corrected chi connectivity index (χ1v) is 7.80. The average Bonchev–Trinajstić information content (AvgIpc) is 2.51. The lowest BCUT2D eigenvalue weighted by atomic mass is 10.1. The molecule has 0 saturated carbocycles. The molecule has 0 aliphatic carbocycles. The van der Waals surface area contributed by atoms with E-state index in [1.54, 1.807) is 20.8 Å². The van der Waals surface area contributed by atoms with E-state index in [-0.39, 0.29) is 6.42 Å². The number of hydrogen-bond acceptors (Lipinski definition) is 5. The fourth-order valence-corrected chi connectivity index (χ4v) is 1.96. The van der Waals surface area contributed by atoms with Gasteiger partial charge in [-0.2, -0.15) is 0 Å². The number of aliphatic hydroxyl groups is 2. The highest BCUT2D eigenvalue weighted by Gasteiger charge is 2.26. The van der Waals surface area contributed by atoms with Crippen LogP contribution in [0.25, 0.3) is 0 Å². The van der Waals surface area contributed by atoms with Gasteiger partial charge in [0.2, 0.25) is 5.91 Å². The zero-order valence-electron chi connectivity index (χ0n) is 14.3. The molecule has 1 aromatic rings. The zero-order valence-corrected chi connectivity index (χ0v) is 14.3. The molecule has 0 aliphatic rings. The van der Waals surface area contributed by atoms with Crippen molar-refractivity contribution in [1.82, 2.24) is 10.6 Å². The standard InChI is InChI=1S/C17H26N2O5/c1-17(2,3)24-16(23)19-14(9-12-7-5-4-6-8-12)15(22)18-13(10-20)11-21/h4-8,13-14,20-21H,9-11H2,1-3H3,(H,18,22)(H,19,23). The first kappa shape index (κ1) is 19.9. The fraction of sp³-hybridized carbons (Fsp3) is 0.529. The summed E-state index contributed by atoms with van der Waals surface area (Å²) in [5.74, 6) is -0.502. The number of benzene rings is 1. The summed E-state index contributed by atoms with van der Waals surface area (Å²) in [7, 11) is 0. The molecule has 7 heteroatoms. The second-order valence-electron chi connectivity index (χ2n) is 6.46. The second kappa shape index (κ2) is 9.24. The van der Waals surface area contributed by atoms with Gasteiger partial charge in [-0.3, -0.25) is 4.79 Å². The number of amides is 2. The minimum Gasteiger partial charge on any atom is -0.444 e. The van der Waals surface area contributed by atoms with Gasteiger partial charge in [-0.05, 0) is 26.3 Å². The van der Waals surface area contributed by atoms with Crippen molar-refractivity contribution < 1.29 is 24.5 Å². The van der Waals surface area contributed by atoms with E-state index in [1.165, 1.54) is 0 Å². The van der Waals surface area contributed by atoms with E-state index >= 15 is 0 Å². The van der Waals surface area contributed by atoms with Crippen molar-refractivity contribution in [1.29, 1.82) is 0 Å². The lowest BCUT2D eigenvalue weighted by molar-refractivity contribution is -0.124. The minimum atomic E-state index is -0.886. The van der Waals surface area contributed by atoms with Gasteiger partial charge in [-0.25, -0.2) is 4.79 Å². The first-order valence-electron chi connectivity index (χ1n) is 7.80. The number of ether oxygens (including phenoxy) is 1. The molecule has 7 nitrogen and oxygen atoms in total. The predicted octanol–water partition coefficient (Wildman–Crippen LogP) is 0.592. The minimum absolute atomic E-state index is 0.259. The van der Waals surface area contributed by atoms with Crippen LogP contribution in [0.5, 0.6) is 0 Å². The molecule has 0 spiro atoms. The second-order valence-corrected chi connectivity index (χ2v) is 6.46. The van der Waals surface area contributed by atoms with E-state index in [4.69, 9.17) is 14.9 Å². The molecule has 1 unspecified atom stereocenters. The molecule has 134 valence electrons. The quantitative estimate of drug-likeness (QED) is 0.582. The smallest absolute Gasteiger partial charge is 0.408 e. The highest BCUT2D eigenvalue weighted by atomic mass is 16.6. The van der Waals surface area contributed by atoms with Crippen molar-refractivity contribution in [3.63, 3.8) is 0 Å². The van der Waals surface area contributed by atoms with Gasteiger partial charge < -0.3 is 25.6 Å². The molecule has 2 amide bonds. The Balaban J connectivity index is 2.82. The van der Waals surface area contributed by atoms with Gasteiger partial charge in [0.25, 0.3) is 0 Å². The summed E-state index contributed by atoms with van der Waals surface area (Å²) in [4.78, 5) is 24.3. The van der Waals surface area contributed by atoms with E-state index in [1.807, 2.05) is 30.3 Å². The molecule has 0 saturated heterocycles. The Morgan fingerprint density at radius 3 is 2.17 bits per heavy atom. The molecule has 0 fully saturated rings. The van der Waals surface area contributed by atoms with Crippen molar-refractivity contribution in [3.8, 4) is 0 Å². The van der Waals surface area contributed by atoms with Crippen LogP contribution in [0.1, 0.15) is 26.3 Å². The van der Waals surface area contributed by atoms with E-state index in [0.29, 0.717) is 0 Å². The first-order chi connectivity index (χ1) is 11.2. The van der Waals surface area contributed by atoms with Crippen LogP contribution in [0.4, 0.5) is 4.79 Å². The van der Waals surface area contributed by atoms with Gasteiger partial charge in [0.15, 0.2) is 0 Å². The summed E-state index contributed by atoms with van der Waals surface area (Å²) >= 11 is 0. The molecule has 4 N–H and O–H groups in total. The number of aliphatic hydroxyl groups excluding tert-OH is 2. The van der Waals surface area contributed by atoms with Gasteiger partial charge in [0, 0.05) is 6.42 Å². The molecule has 0 radical (unpaired) electrons. The Kier molecular flexibility index (Phi) is 7.67. The Morgan fingerprint density at radius 2 is 1.67 bits per heavy atom. The summed E-state index contributed by atoms with van der Waals surface area (Å²) in [5, 5.41) is 23.2. The average molecular weight is 338 g/mol. The van der Waals surface area contributed by atoms with Gasteiger partial charge in [-0.1, -0.05) is 30.3 Å². The van der Waals surface area contributed by atoms with Gasteiger partial charge in [-0.15, -0.1) is 0 Å². The van der Waals surface area contributed by atoms with Crippen LogP contribution < -0.4 is 10.6 Å². The van der Waals surface area contributed by atoms with Crippen molar-refractivity contribution in [3.05, 3.63) is 35.9 Å². The highest BCUT2D eigenvalue weighted by molar-refractivity contribution is 5.86. The maximum atomic E-state index is 12.4. The summed E-state index contributed by atoms with van der Waals surface area (Å²) in [5.41, 5.74) is 0.176. The SMILES string of the molecule is CC(C)(C)OC(=O)NC(Cc1ccccc1)C(=O)NC(CO)CO. The van der Waals surface area contributed by atoms with Crippen LogP contribution in [0.2, 0.25) is 0 Å². The van der Waals surface area contributed by atoms with Gasteiger partial charge >= 0.3 is 6.09 Å². The van der Waals surface area contributed by atoms with Crippen LogP contribution in [0.3, 0.4) is 0 Å². The topological polar surface area (TPSA) is 108 Å². The summed E-state index contributed by atoms with van der Waals surface area (Å²) in [6, 6.07) is 7.54. The molecular weight excluding hydrogens is 312 g/mol. The largest absolute Gasteiger partial charge is 0.444 e. The molecular formula is C17H26N2O5. The third-order valence-corrected chi connectivity index (χ3v) is 3.08. The molecule has 0 bridgehead atoms. The summed E-state index contributed by atoms with van der Waals surface area (Å²) < 4.78 is 5.18. The van der Waals surface area contributed by atoms with Crippen molar-refractivity contribution >= 4 is 12.0 Å². The van der Waals surface area contributed by atoms with Crippen molar-refractivity contribution in [2.45, 2.75) is 44.9 Å². The van der Waals surface area contributed by atoms with E-state index < -0.39 is 42.9 Å². The predicted molar refractivity (Wildman–Crippen MR) is 89.4 cm³/mol. The molecule has 1 atom stereocenters. The molecule has 0 aromatic heterocycles.